The van der Waals surface area contributed by atoms with Gasteiger partial charge in [-0.3, -0.25) is 0 Å². The molecule has 1 aliphatic rings. The number of likely N-dealkylation sites (tertiary alicyclic amines) is 1. The van der Waals surface area contributed by atoms with Crippen LogP contribution in [0.25, 0.3) is 0 Å². The zero-order valence-corrected chi connectivity index (χ0v) is 10.5. The Morgan fingerprint density at radius 1 is 1.35 bits per heavy atom. The minimum absolute atomic E-state index is 0.0148. The van der Waals surface area contributed by atoms with Crippen molar-refractivity contribution in [3.8, 4) is 6.07 Å². The van der Waals surface area contributed by atoms with Gasteiger partial charge in [-0.2, -0.15) is 5.26 Å². The molecular weight excluding hydrogens is 262 g/mol. The van der Waals surface area contributed by atoms with Crippen LogP contribution in [0.1, 0.15) is 12.0 Å². The predicted molar refractivity (Wildman–Crippen MR) is 68.9 cm³/mol. The van der Waals surface area contributed by atoms with Crippen LogP contribution in [0.5, 0.6) is 0 Å². The van der Waals surface area contributed by atoms with E-state index in [-0.39, 0.29) is 13.0 Å². The average Bonchev–Trinajstić information content (AvgIpc) is 2.82. The summed E-state index contributed by atoms with van der Waals surface area (Å²) in [5.74, 6) is -1.14. The van der Waals surface area contributed by atoms with E-state index < -0.39 is 24.1 Å². The number of rotatable bonds is 2. The van der Waals surface area contributed by atoms with Crippen molar-refractivity contribution in [2.75, 3.05) is 11.9 Å². The number of carboxylic acid groups (broad SMARTS) is 1. The van der Waals surface area contributed by atoms with Crippen molar-refractivity contribution in [1.29, 1.82) is 5.26 Å². The molecule has 2 rings (SSSR count). The van der Waals surface area contributed by atoms with E-state index in [1.54, 1.807) is 24.3 Å². The molecule has 0 radical (unpaired) electrons. The Hall–Kier alpha value is -2.59. The van der Waals surface area contributed by atoms with Crippen LogP contribution in [0.15, 0.2) is 24.3 Å². The van der Waals surface area contributed by atoms with E-state index in [9.17, 15) is 14.7 Å². The third-order valence-corrected chi connectivity index (χ3v) is 3.09. The van der Waals surface area contributed by atoms with Crippen LogP contribution >= 0.6 is 0 Å². The molecule has 2 atom stereocenters. The predicted octanol–water partition coefficient (Wildman–Crippen LogP) is 0.610. The monoisotopic (exact) mass is 275 g/mol. The van der Waals surface area contributed by atoms with E-state index in [4.69, 9.17) is 10.4 Å². The van der Waals surface area contributed by atoms with Gasteiger partial charge >= 0.3 is 12.0 Å². The van der Waals surface area contributed by atoms with E-state index in [2.05, 4.69) is 5.32 Å². The summed E-state index contributed by atoms with van der Waals surface area (Å²) in [6.07, 6.45) is -0.807. The van der Waals surface area contributed by atoms with Crippen LogP contribution in [0.4, 0.5) is 10.5 Å². The molecule has 0 saturated carbocycles. The summed E-state index contributed by atoms with van der Waals surface area (Å²) >= 11 is 0. The molecule has 104 valence electrons. The van der Waals surface area contributed by atoms with E-state index >= 15 is 0 Å². The Labute approximate surface area is 115 Å². The van der Waals surface area contributed by atoms with E-state index in [1.165, 1.54) is 0 Å². The van der Waals surface area contributed by atoms with Crippen molar-refractivity contribution in [1.82, 2.24) is 4.90 Å². The summed E-state index contributed by atoms with van der Waals surface area (Å²) in [5, 5.41) is 29.7. The fraction of sp³-hybridized carbons (Fsp3) is 0.308. The Morgan fingerprint density at radius 3 is 2.55 bits per heavy atom. The number of amides is 2. The number of hydrogen-bond acceptors (Lipinski definition) is 4. The molecule has 0 bridgehead atoms. The standard InChI is InChI=1S/C13H13N3O4/c14-6-8-1-3-9(4-2-8)15-13(20)16-7-10(17)5-11(16)12(18)19/h1-4,10-11,17H,5,7H2,(H,15,20)(H,18,19)/t10-,11-/m1/s1. The van der Waals surface area contributed by atoms with Gasteiger partial charge in [0, 0.05) is 18.7 Å². The number of β-amino-alcohol motifs (C(OH)–C–C–N with tert-alkyl or cyclic N) is 1. The first-order valence-electron chi connectivity index (χ1n) is 6.00. The summed E-state index contributed by atoms with van der Waals surface area (Å²) in [6.45, 7) is -0.0148. The lowest BCUT2D eigenvalue weighted by Crippen LogP contribution is -2.43. The van der Waals surface area contributed by atoms with Crippen LogP contribution in [0.3, 0.4) is 0 Å². The first kappa shape index (κ1) is 13.8. The molecule has 1 saturated heterocycles. The number of nitrogens with one attached hydrogen (secondary N) is 1. The van der Waals surface area contributed by atoms with Gasteiger partial charge in [0.2, 0.25) is 0 Å². The molecule has 0 aliphatic carbocycles. The van der Waals surface area contributed by atoms with E-state index in [0.29, 0.717) is 11.3 Å². The van der Waals surface area contributed by atoms with Crippen LogP contribution in [-0.4, -0.2) is 45.8 Å². The second kappa shape index (κ2) is 5.59. The van der Waals surface area contributed by atoms with Crippen molar-refractivity contribution < 1.29 is 19.8 Å². The first-order valence-corrected chi connectivity index (χ1v) is 6.00. The van der Waals surface area contributed by atoms with Gasteiger partial charge in [-0.25, -0.2) is 9.59 Å². The number of carbonyl (C=O) groups excluding carboxylic acids is 1. The Balaban J connectivity index is 2.07. The van der Waals surface area contributed by atoms with Crippen LogP contribution in [-0.2, 0) is 4.79 Å². The number of aliphatic hydroxyl groups is 1. The number of nitrogens with zero attached hydrogens (tertiary/aromatic N) is 2. The molecule has 20 heavy (non-hydrogen) atoms. The van der Waals surface area contributed by atoms with Crippen LogP contribution < -0.4 is 5.32 Å². The number of anilines is 1. The summed E-state index contributed by atoms with van der Waals surface area (Å²) in [7, 11) is 0. The minimum Gasteiger partial charge on any atom is -0.480 e. The van der Waals surface area contributed by atoms with Gasteiger partial charge in [-0.1, -0.05) is 0 Å². The van der Waals surface area contributed by atoms with Crippen LogP contribution in [0, 0.1) is 11.3 Å². The lowest BCUT2D eigenvalue weighted by molar-refractivity contribution is -0.141. The smallest absolute Gasteiger partial charge is 0.326 e. The maximum atomic E-state index is 12.0. The third-order valence-electron chi connectivity index (χ3n) is 3.09. The molecule has 7 heteroatoms. The lowest BCUT2D eigenvalue weighted by atomic mass is 10.2. The number of urea groups is 1. The first-order chi connectivity index (χ1) is 9.51. The second-order valence-electron chi connectivity index (χ2n) is 4.52. The van der Waals surface area contributed by atoms with Crippen molar-refractivity contribution in [3.63, 3.8) is 0 Å². The van der Waals surface area contributed by atoms with Crippen molar-refractivity contribution in [3.05, 3.63) is 29.8 Å². The number of hydrogen-bond donors (Lipinski definition) is 3. The second-order valence-corrected chi connectivity index (χ2v) is 4.52. The fourth-order valence-corrected chi connectivity index (χ4v) is 2.10. The molecule has 1 fully saturated rings. The zero-order chi connectivity index (χ0) is 14.7. The van der Waals surface area contributed by atoms with E-state index in [1.807, 2.05) is 6.07 Å². The van der Waals surface area contributed by atoms with Crippen molar-refractivity contribution in [2.24, 2.45) is 0 Å². The minimum atomic E-state index is -1.14. The highest BCUT2D eigenvalue weighted by Gasteiger charge is 2.38. The van der Waals surface area contributed by atoms with Crippen molar-refractivity contribution >= 4 is 17.7 Å². The number of aliphatic hydroxyl groups excluding tert-OH is 1. The number of benzene rings is 1. The third kappa shape index (κ3) is 2.87. The lowest BCUT2D eigenvalue weighted by Gasteiger charge is -2.21. The van der Waals surface area contributed by atoms with Gasteiger partial charge in [0.1, 0.15) is 6.04 Å². The largest absolute Gasteiger partial charge is 0.480 e. The molecular formula is C13H13N3O4. The van der Waals surface area contributed by atoms with Gasteiger partial charge in [0.05, 0.1) is 17.7 Å². The Kier molecular flexibility index (Phi) is 3.86. The number of nitriles is 1. The number of carboxylic acids is 1. The summed E-state index contributed by atoms with van der Waals surface area (Å²) in [4.78, 5) is 24.1. The van der Waals surface area contributed by atoms with Gasteiger partial charge < -0.3 is 20.4 Å². The average molecular weight is 275 g/mol. The summed E-state index contributed by atoms with van der Waals surface area (Å²) in [6, 6.07) is 6.55. The Morgan fingerprint density at radius 2 is 2.00 bits per heavy atom. The summed E-state index contributed by atoms with van der Waals surface area (Å²) in [5.41, 5.74) is 0.919. The molecule has 1 heterocycles. The molecule has 0 unspecified atom stereocenters. The fourth-order valence-electron chi connectivity index (χ4n) is 2.10. The van der Waals surface area contributed by atoms with Gasteiger partial charge in [-0.05, 0) is 24.3 Å². The van der Waals surface area contributed by atoms with Gasteiger partial charge in [0.25, 0.3) is 0 Å². The maximum absolute atomic E-state index is 12.0. The molecule has 0 spiro atoms. The molecule has 2 amide bonds. The highest BCUT2D eigenvalue weighted by atomic mass is 16.4. The maximum Gasteiger partial charge on any atom is 0.326 e. The van der Waals surface area contributed by atoms with Crippen molar-refractivity contribution in [2.45, 2.75) is 18.6 Å². The van der Waals surface area contributed by atoms with Gasteiger partial charge in [0.15, 0.2) is 0 Å². The highest BCUT2D eigenvalue weighted by Crippen LogP contribution is 2.20. The topological polar surface area (TPSA) is 114 Å². The number of carbonyl (C=O) groups is 2. The SMILES string of the molecule is N#Cc1ccc(NC(=O)N2C[C@H](O)C[C@@H]2C(=O)O)cc1. The molecule has 1 aliphatic heterocycles. The molecule has 7 nitrogen and oxygen atoms in total. The quantitative estimate of drug-likeness (QED) is 0.731. The summed E-state index contributed by atoms with van der Waals surface area (Å²) < 4.78 is 0. The molecule has 3 N–H and O–H groups in total. The highest BCUT2D eigenvalue weighted by molar-refractivity contribution is 5.92. The van der Waals surface area contributed by atoms with E-state index in [0.717, 1.165) is 4.90 Å². The number of aliphatic carboxylic acids is 1. The Bertz CT molecular complexity index is 564. The zero-order valence-electron chi connectivity index (χ0n) is 10.5. The molecule has 1 aromatic rings. The van der Waals surface area contributed by atoms with Crippen LogP contribution in [0.2, 0.25) is 0 Å². The molecule has 1 aromatic carbocycles. The molecule has 0 aromatic heterocycles. The van der Waals surface area contributed by atoms with Gasteiger partial charge in [-0.15, -0.1) is 0 Å². The normalized spacial score (nSPS) is 21.3.